The van der Waals surface area contributed by atoms with Crippen LogP contribution in [0.15, 0.2) is 48.5 Å². The van der Waals surface area contributed by atoms with Gasteiger partial charge >= 0.3 is 6.03 Å². The predicted octanol–water partition coefficient (Wildman–Crippen LogP) is 4.91. The molecule has 0 unspecified atom stereocenters. The predicted molar refractivity (Wildman–Crippen MR) is 124 cm³/mol. The highest BCUT2D eigenvalue weighted by atomic mass is 19.1. The molecule has 2 amide bonds. The molecule has 3 heterocycles. The molecule has 1 saturated heterocycles. The number of nitrogens with one attached hydrogen (secondary N) is 1. The lowest BCUT2D eigenvalue weighted by Crippen LogP contribution is -2.39. The van der Waals surface area contributed by atoms with E-state index in [9.17, 15) is 9.18 Å². The number of nitrogens with zero attached hydrogens (tertiary/aromatic N) is 4. The second-order valence-electron chi connectivity index (χ2n) is 8.43. The molecule has 1 N–H and O–H groups in total. The van der Waals surface area contributed by atoms with Gasteiger partial charge in [-0.25, -0.2) is 14.2 Å². The van der Waals surface area contributed by atoms with Crippen LogP contribution in [0.4, 0.5) is 20.8 Å². The Hall–Kier alpha value is -3.68. The molecular formula is C25H26FN5O2. The van der Waals surface area contributed by atoms with Gasteiger partial charge < -0.3 is 19.9 Å². The maximum atomic E-state index is 13.8. The third kappa shape index (κ3) is 4.60. The number of amides is 2. The lowest BCUT2D eigenvalue weighted by Gasteiger charge is -2.30. The molecule has 0 aliphatic carbocycles. The van der Waals surface area contributed by atoms with Gasteiger partial charge in [0.05, 0.1) is 17.8 Å². The Labute approximate surface area is 192 Å². The molecule has 170 valence electrons. The van der Waals surface area contributed by atoms with Crippen LogP contribution in [0.2, 0.25) is 0 Å². The Balaban J connectivity index is 1.44. The maximum Gasteiger partial charge on any atom is 0.322 e. The first kappa shape index (κ1) is 21.2. The molecule has 0 spiro atoms. The van der Waals surface area contributed by atoms with Gasteiger partial charge in [0.1, 0.15) is 11.6 Å². The number of urea groups is 1. The van der Waals surface area contributed by atoms with Crippen LogP contribution in [0.25, 0.3) is 0 Å². The summed E-state index contributed by atoms with van der Waals surface area (Å²) < 4.78 is 19.9. The fraction of sp³-hybridized carbons (Fsp3) is 0.320. The van der Waals surface area contributed by atoms with E-state index < -0.39 is 0 Å². The number of halogens is 1. The van der Waals surface area contributed by atoms with Crippen LogP contribution in [0.1, 0.15) is 29.7 Å². The van der Waals surface area contributed by atoms with E-state index in [1.807, 2.05) is 30.3 Å². The van der Waals surface area contributed by atoms with Crippen LogP contribution in [0, 0.1) is 12.7 Å². The minimum atomic E-state index is -0.284. The zero-order valence-electron chi connectivity index (χ0n) is 18.6. The maximum absolute atomic E-state index is 13.8. The van der Waals surface area contributed by atoms with E-state index in [0.717, 1.165) is 42.9 Å². The van der Waals surface area contributed by atoms with E-state index in [0.29, 0.717) is 42.7 Å². The largest absolute Gasteiger partial charge is 0.438 e. The van der Waals surface area contributed by atoms with Crippen molar-refractivity contribution >= 4 is 17.7 Å². The molecule has 33 heavy (non-hydrogen) atoms. The number of rotatable bonds is 4. The number of anilines is 2. The van der Waals surface area contributed by atoms with Crippen molar-refractivity contribution in [3.63, 3.8) is 0 Å². The van der Waals surface area contributed by atoms with E-state index in [-0.39, 0.29) is 11.8 Å². The normalized spacial score (nSPS) is 15.3. The van der Waals surface area contributed by atoms with Gasteiger partial charge in [0.15, 0.2) is 0 Å². The van der Waals surface area contributed by atoms with E-state index in [1.165, 1.54) is 6.07 Å². The SMILES string of the molecule is Cc1cc(Oc2nc(N3CCCC3)nc3c2CN(C(=O)Nc2ccccc2)CC3)ccc1F. The Morgan fingerprint density at radius 2 is 1.85 bits per heavy atom. The molecule has 8 heteroatoms. The van der Waals surface area contributed by atoms with Crippen molar-refractivity contribution in [2.24, 2.45) is 0 Å². The Bertz CT molecular complexity index is 1160. The molecule has 0 bridgehead atoms. The number of carbonyl (C=O) groups excluding carboxylic acids is 1. The molecular weight excluding hydrogens is 421 g/mol. The van der Waals surface area contributed by atoms with E-state index in [2.05, 4.69) is 10.2 Å². The average Bonchev–Trinajstić information content (AvgIpc) is 3.37. The highest BCUT2D eigenvalue weighted by molar-refractivity contribution is 5.89. The second-order valence-corrected chi connectivity index (χ2v) is 8.43. The quantitative estimate of drug-likeness (QED) is 0.616. The van der Waals surface area contributed by atoms with Gasteiger partial charge in [0.25, 0.3) is 0 Å². The summed E-state index contributed by atoms with van der Waals surface area (Å²) in [5.74, 6) is 1.30. The van der Waals surface area contributed by atoms with Crippen LogP contribution in [0.3, 0.4) is 0 Å². The molecule has 5 rings (SSSR count). The molecule has 2 aromatic carbocycles. The summed E-state index contributed by atoms with van der Waals surface area (Å²) in [5, 5.41) is 2.94. The summed E-state index contributed by atoms with van der Waals surface area (Å²) >= 11 is 0. The van der Waals surface area contributed by atoms with Gasteiger partial charge in [-0.05, 0) is 55.7 Å². The second kappa shape index (κ2) is 9.05. The van der Waals surface area contributed by atoms with Crippen molar-refractivity contribution in [2.75, 3.05) is 29.9 Å². The van der Waals surface area contributed by atoms with Crippen LogP contribution in [-0.2, 0) is 13.0 Å². The Morgan fingerprint density at radius 1 is 1.06 bits per heavy atom. The van der Waals surface area contributed by atoms with Crippen molar-refractivity contribution in [3.05, 3.63) is 71.2 Å². The summed E-state index contributed by atoms with van der Waals surface area (Å²) in [6, 6.07) is 13.8. The van der Waals surface area contributed by atoms with E-state index in [1.54, 1.807) is 24.0 Å². The fourth-order valence-corrected chi connectivity index (χ4v) is 4.20. The smallest absolute Gasteiger partial charge is 0.322 e. The van der Waals surface area contributed by atoms with Crippen LogP contribution < -0.4 is 15.0 Å². The lowest BCUT2D eigenvalue weighted by molar-refractivity contribution is 0.205. The molecule has 1 fully saturated rings. The Morgan fingerprint density at radius 3 is 2.61 bits per heavy atom. The van der Waals surface area contributed by atoms with Gasteiger partial charge in [-0.2, -0.15) is 4.98 Å². The summed E-state index contributed by atoms with van der Waals surface area (Å²) in [4.78, 5) is 26.3. The number of para-hydroxylation sites is 1. The fourth-order valence-electron chi connectivity index (χ4n) is 4.20. The lowest BCUT2D eigenvalue weighted by atomic mass is 10.1. The third-order valence-electron chi connectivity index (χ3n) is 6.06. The topological polar surface area (TPSA) is 70.6 Å². The highest BCUT2D eigenvalue weighted by Gasteiger charge is 2.28. The molecule has 0 saturated carbocycles. The van der Waals surface area contributed by atoms with E-state index in [4.69, 9.17) is 14.7 Å². The zero-order valence-corrected chi connectivity index (χ0v) is 18.6. The van der Waals surface area contributed by atoms with Gasteiger partial charge in [-0.3, -0.25) is 0 Å². The first-order valence-electron chi connectivity index (χ1n) is 11.3. The minimum absolute atomic E-state index is 0.181. The molecule has 2 aliphatic rings. The van der Waals surface area contributed by atoms with Gasteiger partial charge in [0.2, 0.25) is 11.8 Å². The van der Waals surface area contributed by atoms with Gasteiger partial charge in [-0.15, -0.1) is 0 Å². The van der Waals surface area contributed by atoms with E-state index >= 15 is 0 Å². The number of ether oxygens (including phenoxy) is 1. The van der Waals surface area contributed by atoms with Gasteiger partial charge in [0, 0.05) is 31.7 Å². The molecule has 2 aliphatic heterocycles. The zero-order chi connectivity index (χ0) is 22.8. The van der Waals surface area contributed by atoms with Crippen molar-refractivity contribution in [3.8, 4) is 11.6 Å². The number of fused-ring (bicyclic) bond motifs is 1. The minimum Gasteiger partial charge on any atom is -0.438 e. The summed E-state index contributed by atoms with van der Waals surface area (Å²) in [6.07, 6.45) is 2.84. The van der Waals surface area contributed by atoms with Crippen LogP contribution >= 0.6 is 0 Å². The van der Waals surface area contributed by atoms with Crippen molar-refractivity contribution in [1.29, 1.82) is 0 Å². The number of carbonyl (C=O) groups is 1. The van der Waals surface area contributed by atoms with Gasteiger partial charge in [-0.1, -0.05) is 18.2 Å². The first-order chi connectivity index (χ1) is 16.1. The molecule has 1 aromatic heterocycles. The monoisotopic (exact) mass is 447 g/mol. The van der Waals surface area contributed by atoms with Crippen molar-refractivity contribution < 1.29 is 13.9 Å². The van der Waals surface area contributed by atoms with Crippen LogP contribution in [-0.4, -0.2) is 40.5 Å². The number of benzene rings is 2. The van der Waals surface area contributed by atoms with Crippen molar-refractivity contribution in [1.82, 2.24) is 14.9 Å². The summed E-state index contributed by atoms with van der Waals surface area (Å²) in [6.45, 7) is 4.42. The first-order valence-corrected chi connectivity index (χ1v) is 11.3. The summed E-state index contributed by atoms with van der Waals surface area (Å²) in [7, 11) is 0. The molecule has 3 aromatic rings. The number of aromatic nitrogens is 2. The van der Waals surface area contributed by atoms with Crippen LogP contribution in [0.5, 0.6) is 11.6 Å². The van der Waals surface area contributed by atoms with Crippen molar-refractivity contribution in [2.45, 2.75) is 32.7 Å². The number of hydrogen-bond donors (Lipinski definition) is 1. The average molecular weight is 448 g/mol. The third-order valence-corrected chi connectivity index (χ3v) is 6.06. The summed E-state index contributed by atoms with van der Waals surface area (Å²) in [5.41, 5.74) is 2.92. The molecule has 7 nitrogen and oxygen atoms in total. The molecule has 0 radical (unpaired) electrons. The highest BCUT2D eigenvalue weighted by Crippen LogP contribution is 2.33. The number of aryl methyl sites for hydroxylation is 1. The standard InChI is InChI=1S/C25H26FN5O2/c1-17-15-19(9-10-21(17)26)33-23-20-16-31(25(32)27-18-7-3-2-4-8-18)14-11-22(20)28-24(29-23)30-12-5-6-13-30/h2-4,7-10,15H,5-6,11-14,16H2,1H3,(H,27,32). The number of hydrogen-bond acceptors (Lipinski definition) is 5. The Kier molecular flexibility index (Phi) is 5.81. The molecule has 0 atom stereocenters.